The largest absolute Gasteiger partial charge is 0.361 e. The Balaban J connectivity index is 1.37. The van der Waals surface area contributed by atoms with Crippen LogP contribution >= 0.6 is 0 Å². The summed E-state index contributed by atoms with van der Waals surface area (Å²) in [6, 6.07) is 3.62. The number of rotatable bonds is 4. The van der Waals surface area contributed by atoms with E-state index in [2.05, 4.69) is 15.0 Å². The van der Waals surface area contributed by atoms with E-state index < -0.39 is 0 Å². The third-order valence-corrected chi connectivity index (χ3v) is 6.68. The van der Waals surface area contributed by atoms with Crippen LogP contribution in [0.15, 0.2) is 27.6 Å². The van der Waals surface area contributed by atoms with Crippen LogP contribution in [0.4, 0.5) is 0 Å². The van der Waals surface area contributed by atoms with Gasteiger partial charge in [-0.2, -0.15) is 0 Å². The van der Waals surface area contributed by atoms with Crippen molar-refractivity contribution in [2.45, 2.75) is 45.2 Å². The first-order valence-electron chi connectivity index (χ1n) is 11.0. The Morgan fingerprint density at radius 2 is 2.03 bits per heavy atom. The number of pyridine rings is 1. The molecule has 2 aliphatic rings. The van der Waals surface area contributed by atoms with Crippen LogP contribution in [0, 0.1) is 6.92 Å². The standard InChI is InChI=1S/C22H28N6O3/c1-15-17(14-26-10-4-3-5-11-26)19(24-31-15)21(29)27-12-8-16(13-27)28-20-18(7-6-9-23-20)25(2)22(28)30/h6-7,9,16H,3-5,8,10-14H2,1-2H3/t16-/m1/s1. The van der Waals surface area contributed by atoms with Gasteiger partial charge in [0.15, 0.2) is 11.3 Å². The lowest BCUT2D eigenvalue weighted by Gasteiger charge is -2.26. The highest BCUT2D eigenvalue weighted by Crippen LogP contribution is 2.27. The van der Waals surface area contributed by atoms with E-state index in [1.165, 1.54) is 19.3 Å². The van der Waals surface area contributed by atoms with Crippen molar-refractivity contribution in [2.75, 3.05) is 26.2 Å². The molecule has 9 nitrogen and oxygen atoms in total. The van der Waals surface area contributed by atoms with Gasteiger partial charge in [0.05, 0.1) is 11.6 Å². The topological polar surface area (TPSA) is 89.4 Å². The SMILES string of the molecule is Cc1onc(C(=O)N2CC[C@@H](n3c(=O)n(C)c4cccnc43)C2)c1CN1CCCCC1. The third kappa shape index (κ3) is 3.46. The van der Waals surface area contributed by atoms with Gasteiger partial charge in [0.1, 0.15) is 5.76 Å². The highest BCUT2D eigenvalue weighted by molar-refractivity contribution is 5.94. The molecular weight excluding hydrogens is 396 g/mol. The molecule has 31 heavy (non-hydrogen) atoms. The number of hydrogen-bond acceptors (Lipinski definition) is 6. The fraction of sp³-hybridized carbons (Fsp3) is 0.545. The lowest BCUT2D eigenvalue weighted by atomic mass is 10.1. The van der Waals surface area contributed by atoms with Crippen molar-refractivity contribution in [3.63, 3.8) is 0 Å². The van der Waals surface area contributed by atoms with E-state index in [0.29, 0.717) is 43.2 Å². The molecule has 2 aliphatic heterocycles. The summed E-state index contributed by atoms with van der Waals surface area (Å²) in [7, 11) is 1.76. The fourth-order valence-corrected chi connectivity index (χ4v) is 4.89. The number of amides is 1. The van der Waals surface area contributed by atoms with Gasteiger partial charge in [-0.3, -0.25) is 18.8 Å². The maximum Gasteiger partial charge on any atom is 0.330 e. The Labute approximate surface area is 180 Å². The van der Waals surface area contributed by atoms with Crippen LogP contribution in [-0.4, -0.2) is 61.2 Å². The zero-order chi connectivity index (χ0) is 21.5. The molecular formula is C22H28N6O3. The number of likely N-dealkylation sites (tertiary alicyclic amines) is 2. The Morgan fingerprint density at radius 3 is 2.84 bits per heavy atom. The first-order chi connectivity index (χ1) is 15.0. The summed E-state index contributed by atoms with van der Waals surface area (Å²) in [5.41, 5.74) is 2.66. The van der Waals surface area contributed by atoms with Gasteiger partial charge in [-0.1, -0.05) is 11.6 Å². The van der Waals surface area contributed by atoms with Crippen LogP contribution in [-0.2, 0) is 13.6 Å². The van der Waals surface area contributed by atoms with Gasteiger partial charge in [-0.25, -0.2) is 9.78 Å². The van der Waals surface area contributed by atoms with Crippen LogP contribution in [0.2, 0.25) is 0 Å². The van der Waals surface area contributed by atoms with E-state index >= 15 is 0 Å². The number of imidazole rings is 1. The quantitative estimate of drug-likeness (QED) is 0.637. The molecule has 0 aliphatic carbocycles. The van der Waals surface area contributed by atoms with Gasteiger partial charge in [-0.05, 0) is 51.4 Å². The summed E-state index contributed by atoms with van der Waals surface area (Å²) in [6.07, 6.45) is 6.05. The van der Waals surface area contributed by atoms with Crippen molar-refractivity contribution in [3.8, 4) is 0 Å². The number of fused-ring (bicyclic) bond motifs is 1. The van der Waals surface area contributed by atoms with E-state index in [9.17, 15) is 9.59 Å². The molecule has 0 aromatic carbocycles. The molecule has 0 radical (unpaired) electrons. The maximum atomic E-state index is 13.3. The lowest BCUT2D eigenvalue weighted by Crippen LogP contribution is -2.34. The zero-order valence-corrected chi connectivity index (χ0v) is 18.1. The number of carbonyl (C=O) groups excluding carboxylic acids is 1. The molecule has 1 atom stereocenters. The summed E-state index contributed by atoms with van der Waals surface area (Å²) in [4.78, 5) is 34.8. The Morgan fingerprint density at radius 1 is 1.23 bits per heavy atom. The van der Waals surface area contributed by atoms with Crippen LogP contribution in [0.25, 0.3) is 11.2 Å². The predicted molar refractivity (Wildman–Crippen MR) is 115 cm³/mol. The second-order valence-electron chi connectivity index (χ2n) is 8.65. The molecule has 0 saturated carbocycles. The molecule has 3 aromatic rings. The number of nitrogens with zero attached hydrogens (tertiary/aromatic N) is 6. The first kappa shape index (κ1) is 20.0. The van der Waals surface area contributed by atoms with Crippen LogP contribution in [0.1, 0.15) is 53.5 Å². The van der Waals surface area contributed by atoms with Gasteiger partial charge < -0.3 is 9.42 Å². The third-order valence-electron chi connectivity index (χ3n) is 6.68. The molecule has 0 spiro atoms. The molecule has 9 heteroatoms. The summed E-state index contributed by atoms with van der Waals surface area (Å²) < 4.78 is 8.76. The lowest BCUT2D eigenvalue weighted by molar-refractivity contribution is 0.0775. The van der Waals surface area contributed by atoms with Gasteiger partial charge in [-0.15, -0.1) is 0 Å². The molecule has 3 aromatic heterocycles. The van der Waals surface area contributed by atoms with Gasteiger partial charge in [0.2, 0.25) is 0 Å². The number of piperidine rings is 1. The minimum Gasteiger partial charge on any atom is -0.361 e. The molecule has 0 unspecified atom stereocenters. The van der Waals surface area contributed by atoms with Crippen molar-refractivity contribution >= 4 is 17.1 Å². The van der Waals surface area contributed by atoms with E-state index in [4.69, 9.17) is 4.52 Å². The van der Waals surface area contributed by atoms with Crippen LogP contribution < -0.4 is 5.69 Å². The Kier molecular flexibility index (Phi) is 5.13. The van der Waals surface area contributed by atoms with Crippen molar-refractivity contribution in [3.05, 3.63) is 45.8 Å². The van der Waals surface area contributed by atoms with Crippen molar-refractivity contribution in [1.29, 1.82) is 0 Å². The van der Waals surface area contributed by atoms with E-state index in [1.54, 1.807) is 27.3 Å². The van der Waals surface area contributed by atoms with E-state index in [0.717, 1.165) is 24.2 Å². The molecule has 164 valence electrons. The number of aromatic nitrogens is 4. The molecule has 5 heterocycles. The molecule has 5 rings (SSSR count). The smallest absolute Gasteiger partial charge is 0.330 e. The number of carbonyl (C=O) groups is 1. The van der Waals surface area contributed by atoms with Gasteiger partial charge >= 0.3 is 5.69 Å². The summed E-state index contributed by atoms with van der Waals surface area (Å²) >= 11 is 0. The molecule has 1 amide bonds. The van der Waals surface area contributed by atoms with Gasteiger partial charge in [0.25, 0.3) is 5.91 Å². The summed E-state index contributed by atoms with van der Waals surface area (Å²) in [5, 5.41) is 4.12. The summed E-state index contributed by atoms with van der Waals surface area (Å²) in [6.45, 7) is 5.69. The van der Waals surface area contributed by atoms with Crippen molar-refractivity contribution in [2.24, 2.45) is 7.05 Å². The highest BCUT2D eigenvalue weighted by atomic mass is 16.5. The zero-order valence-electron chi connectivity index (χ0n) is 18.1. The predicted octanol–water partition coefficient (Wildman–Crippen LogP) is 2.10. The molecule has 0 N–H and O–H groups in total. The van der Waals surface area contributed by atoms with Gasteiger partial charge in [0, 0.05) is 38.4 Å². The summed E-state index contributed by atoms with van der Waals surface area (Å²) in [5.74, 6) is 0.590. The first-order valence-corrected chi connectivity index (χ1v) is 11.0. The maximum absolute atomic E-state index is 13.3. The average molecular weight is 425 g/mol. The molecule has 2 saturated heterocycles. The number of hydrogen-bond donors (Lipinski definition) is 0. The Bertz CT molecular complexity index is 1170. The van der Waals surface area contributed by atoms with E-state index in [1.807, 2.05) is 19.1 Å². The van der Waals surface area contributed by atoms with Crippen LogP contribution in [0.3, 0.4) is 0 Å². The normalized spacial score (nSPS) is 20.1. The second kappa shape index (κ2) is 7.96. The minimum atomic E-state index is -0.118. The van der Waals surface area contributed by atoms with Crippen LogP contribution in [0.5, 0.6) is 0 Å². The monoisotopic (exact) mass is 424 g/mol. The molecule has 0 bridgehead atoms. The van der Waals surface area contributed by atoms with Crippen molar-refractivity contribution < 1.29 is 9.32 Å². The van der Waals surface area contributed by atoms with E-state index in [-0.39, 0.29) is 17.6 Å². The minimum absolute atomic E-state index is 0.101. The number of aryl methyl sites for hydroxylation is 2. The Hall–Kier alpha value is -2.94. The highest BCUT2D eigenvalue weighted by Gasteiger charge is 2.34. The van der Waals surface area contributed by atoms with Crippen molar-refractivity contribution in [1.82, 2.24) is 29.1 Å². The average Bonchev–Trinajstić information content (AvgIpc) is 3.47. The fourth-order valence-electron chi connectivity index (χ4n) is 4.89. The molecule has 2 fully saturated rings. The second-order valence-corrected chi connectivity index (χ2v) is 8.65.